The van der Waals surface area contributed by atoms with Crippen LogP contribution in [0.5, 0.6) is 11.5 Å². The number of hydrogen-bond acceptors (Lipinski definition) is 6. The van der Waals surface area contributed by atoms with Gasteiger partial charge in [0, 0.05) is 19.0 Å². The van der Waals surface area contributed by atoms with Crippen molar-refractivity contribution in [1.82, 2.24) is 4.90 Å². The average molecular weight is 411 g/mol. The number of likely N-dealkylation sites (N-methyl/N-ethyl adjacent to an activating group) is 1. The van der Waals surface area contributed by atoms with Crippen LogP contribution in [0.3, 0.4) is 0 Å². The summed E-state index contributed by atoms with van der Waals surface area (Å²) >= 11 is 0. The molecule has 3 rings (SSSR count). The first kappa shape index (κ1) is 21.4. The SMILES string of the molecule is CC(c1ccccc1)N(C)C(=O)COC(=O)CCC(=O)c1ccc2c(c1)OCCO2. The van der Waals surface area contributed by atoms with Crippen LogP contribution >= 0.6 is 0 Å². The van der Waals surface area contributed by atoms with Gasteiger partial charge in [0.15, 0.2) is 23.9 Å². The lowest BCUT2D eigenvalue weighted by molar-refractivity contribution is -0.152. The van der Waals surface area contributed by atoms with E-state index < -0.39 is 5.97 Å². The summed E-state index contributed by atoms with van der Waals surface area (Å²) in [5, 5.41) is 0. The molecule has 0 saturated carbocycles. The molecule has 30 heavy (non-hydrogen) atoms. The normalized spacial score (nSPS) is 13.3. The van der Waals surface area contributed by atoms with Gasteiger partial charge in [-0.1, -0.05) is 30.3 Å². The lowest BCUT2D eigenvalue weighted by Crippen LogP contribution is -2.33. The van der Waals surface area contributed by atoms with Gasteiger partial charge in [0.05, 0.1) is 12.5 Å². The molecule has 1 unspecified atom stereocenters. The van der Waals surface area contributed by atoms with Gasteiger partial charge in [-0.15, -0.1) is 0 Å². The van der Waals surface area contributed by atoms with E-state index in [1.54, 1.807) is 25.2 Å². The molecule has 1 heterocycles. The van der Waals surface area contributed by atoms with Crippen molar-refractivity contribution in [2.45, 2.75) is 25.8 Å². The zero-order valence-corrected chi connectivity index (χ0v) is 17.1. The number of Topliss-reactive ketones (excluding diaryl/α,β-unsaturated/α-hetero) is 1. The third-order valence-electron chi connectivity index (χ3n) is 5.03. The number of nitrogens with zero attached hydrogens (tertiary/aromatic N) is 1. The summed E-state index contributed by atoms with van der Waals surface area (Å²) in [6.45, 7) is 2.46. The molecule has 0 saturated heterocycles. The lowest BCUT2D eigenvalue weighted by atomic mass is 10.1. The molecule has 2 aromatic rings. The van der Waals surface area contributed by atoms with E-state index in [-0.39, 0.29) is 37.2 Å². The number of ketones is 1. The highest BCUT2D eigenvalue weighted by Gasteiger charge is 2.20. The van der Waals surface area contributed by atoms with Crippen molar-refractivity contribution in [3.63, 3.8) is 0 Å². The van der Waals surface area contributed by atoms with Crippen molar-refractivity contribution in [3.8, 4) is 11.5 Å². The molecule has 7 nitrogen and oxygen atoms in total. The highest BCUT2D eigenvalue weighted by Crippen LogP contribution is 2.31. The van der Waals surface area contributed by atoms with E-state index in [2.05, 4.69) is 0 Å². The van der Waals surface area contributed by atoms with Gasteiger partial charge in [-0.3, -0.25) is 14.4 Å². The molecule has 0 spiro atoms. The minimum absolute atomic E-state index is 0.0110. The van der Waals surface area contributed by atoms with E-state index in [0.717, 1.165) is 5.56 Å². The zero-order valence-electron chi connectivity index (χ0n) is 17.1. The van der Waals surface area contributed by atoms with Gasteiger partial charge in [0.25, 0.3) is 5.91 Å². The minimum Gasteiger partial charge on any atom is -0.486 e. The summed E-state index contributed by atoms with van der Waals surface area (Å²) < 4.78 is 16.0. The number of esters is 1. The van der Waals surface area contributed by atoms with E-state index in [1.807, 2.05) is 37.3 Å². The van der Waals surface area contributed by atoms with Crippen molar-refractivity contribution in [1.29, 1.82) is 0 Å². The van der Waals surface area contributed by atoms with E-state index in [0.29, 0.717) is 30.3 Å². The molecule has 0 aliphatic carbocycles. The topological polar surface area (TPSA) is 82.1 Å². The summed E-state index contributed by atoms with van der Waals surface area (Å²) in [6.07, 6.45) is -0.110. The van der Waals surface area contributed by atoms with Gasteiger partial charge >= 0.3 is 5.97 Å². The first-order valence-electron chi connectivity index (χ1n) is 9.85. The molecule has 7 heteroatoms. The number of fused-ring (bicyclic) bond motifs is 1. The Kier molecular flexibility index (Phi) is 7.06. The first-order chi connectivity index (χ1) is 14.5. The smallest absolute Gasteiger partial charge is 0.306 e. The Morgan fingerprint density at radius 2 is 1.70 bits per heavy atom. The van der Waals surface area contributed by atoms with Crippen molar-refractivity contribution in [2.75, 3.05) is 26.9 Å². The number of carbonyl (C=O) groups excluding carboxylic acids is 3. The molecule has 0 N–H and O–H groups in total. The van der Waals surface area contributed by atoms with E-state index in [4.69, 9.17) is 14.2 Å². The lowest BCUT2D eigenvalue weighted by Gasteiger charge is -2.25. The van der Waals surface area contributed by atoms with Crippen molar-refractivity contribution in [2.24, 2.45) is 0 Å². The maximum Gasteiger partial charge on any atom is 0.306 e. The molecular formula is C23H25NO6. The van der Waals surface area contributed by atoms with Crippen LogP contribution in [-0.4, -0.2) is 49.4 Å². The van der Waals surface area contributed by atoms with E-state index in [1.165, 1.54) is 4.90 Å². The van der Waals surface area contributed by atoms with Crippen LogP contribution in [0.2, 0.25) is 0 Å². The third kappa shape index (κ3) is 5.37. The number of rotatable bonds is 8. The number of ether oxygens (including phenoxy) is 3. The fourth-order valence-electron chi connectivity index (χ4n) is 3.06. The van der Waals surface area contributed by atoms with Gasteiger partial charge in [-0.2, -0.15) is 0 Å². The highest BCUT2D eigenvalue weighted by atomic mass is 16.6. The van der Waals surface area contributed by atoms with Crippen LogP contribution in [-0.2, 0) is 14.3 Å². The second-order valence-corrected chi connectivity index (χ2v) is 7.03. The molecular weight excluding hydrogens is 386 g/mol. The summed E-state index contributed by atoms with van der Waals surface area (Å²) in [6, 6.07) is 14.4. The number of carbonyl (C=O) groups is 3. The largest absolute Gasteiger partial charge is 0.486 e. The molecule has 0 fully saturated rings. The summed E-state index contributed by atoms with van der Waals surface area (Å²) in [4.78, 5) is 38.2. The third-order valence-corrected chi connectivity index (χ3v) is 5.03. The number of hydrogen-bond donors (Lipinski definition) is 0. The van der Waals surface area contributed by atoms with Crippen molar-refractivity contribution in [3.05, 3.63) is 59.7 Å². The van der Waals surface area contributed by atoms with E-state index in [9.17, 15) is 14.4 Å². The summed E-state index contributed by atoms with van der Waals surface area (Å²) in [5.74, 6) is 0.0263. The number of amides is 1. The van der Waals surface area contributed by atoms with Gasteiger partial charge in [-0.25, -0.2) is 0 Å². The minimum atomic E-state index is -0.588. The van der Waals surface area contributed by atoms with Crippen LogP contribution in [0, 0.1) is 0 Å². The Hall–Kier alpha value is -3.35. The summed E-state index contributed by atoms with van der Waals surface area (Å²) in [5.41, 5.74) is 1.43. The predicted octanol–water partition coefficient (Wildman–Crippen LogP) is 3.18. The van der Waals surface area contributed by atoms with Gasteiger partial charge in [0.2, 0.25) is 0 Å². The zero-order chi connectivity index (χ0) is 21.5. The molecule has 158 valence electrons. The van der Waals surface area contributed by atoms with Gasteiger partial charge in [0.1, 0.15) is 13.2 Å². The predicted molar refractivity (Wildman–Crippen MR) is 110 cm³/mol. The first-order valence-corrected chi connectivity index (χ1v) is 9.85. The molecule has 0 radical (unpaired) electrons. The standard InChI is InChI=1S/C23H25NO6/c1-16(17-6-4-3-5-7-17)24(2)22(26)15-30-23(27)11-9-19(25)18-8-10-20-21(14-18)29-13-12-28-20/h3-8,10,14,16H,9,11-13,15H2,1-2H3. The molecule has 1 aliphatic rings. The van der Waals surface area contributed by atoms with Crippen LogP contribution in [0.4, 0.5) is 0 Å². The highest BCUT2D eigenvalue weighted by molar-refractivity contribution is 5.98. The van der Waals surface area contributed by atoms with Gasteiger partial charge < -0.3 is 19.1 Å². The fourth-order valence-corrected chi connectivity index (χ4v) is 3.06. The Morgan fingerprint density at radius 1 is 1.00 bits per heavy atom. The molecule has 0 bridgehead atoms. The fraction of sp³-hybridized carbons (Fsp3) is 0.348. The van der Waals surface area contributed by atoms with Crippen molar-refractivity contribution < 1.29 is 28.6 Å². The average Bonchev–Trinajstić information content (AvgIpc) is 2.80. The Bertz CT molecular complexity index is 911. The van der Waals surface area contributed by atoms with Crippen LogP contribution in [0.15, 0.2) is 48.5 Å². The molecule has 2 aromatic carbocycles. The van der Waals surface area contributed by atoms with Gasteiger partial charge in [-0.05, 0) is 30.7 Å². The summed E-state index contributed by atoms with van der Waals surface area (Å²) in [7, 11) is 1.67. The monoisotopic (exact) mass is 411 g/mol. The Balaban J connectivity index is 1.44. The van der Waals surface area contributed by atoms with Crippen molar-refractivity contribution >= 4 is 17.7 Å². The molecule has 1 amide bonds. The van der Waals surface area contributed by atoms with Crippen LogP contribution in [0.1, 0.15) is 41.7 Å². The quantitative estimate of drug-likeness (QED) is 0.490. The molecule has 1 aliphatic heterocycles. The van der Waals surface area contributed by atoms with Crippen LogP contribution < -0.4 is 9.47 Å². The second kappa shape index (κ2) is 9.91. The Morgan fingerprint density at radius 3 is 2.43 bits per heavy atom. The molecule has 1 atom stereocenters. The van der Waals surface area contributed by atoms with Crippen LogP contribution in [0.25, 0.3) is 0 Å². The molecule has 0 aromatic heterocycles. The number of benzene rings is 2. The maximum atomic E-state index is 12.3. The van der Waals surface area contributed by atoms with E-state index >= 15 is 0 Å². The Labute approximate surface area is 175 Å². The second-order valence-electron chi connectivity index (χ2n) is 7.03. The maximum absolute atomic E-state index is 12.3.